The number of rotatable bonds is 13. The zero-order chi connectivity index (χ0) is 16.3. The van der Waals surface area contributed by atoms with Crippen LogP contribution in [0.1, 0.15) is 25.7 Å². The molecular weight excluding hydrogens is 417 g/mol. The summed E-state index contributed by atoms with van der Waals surface area (Å²) >= 11 is 0. The minimum Gasteiger partial charge on any atom is -0.480 e. The van der Waals surface area contributed by atoms with E-state index >= 15 is 0 Å². The van der Waals surface area contributed by atoms with Crippen LogP contribution in [0.5, 0.6) is 0 Å². The maximum absolute atomic E-state index is 11.4. The van der Waals surface area contributed by atoms with Gasteiger partial charge in [0.2, 0.25) is 0 Å². The van der Waals surface area contributed by atoms with Gasteiger partial charge in [-0.15, -0.1) is 49.6 Å². The van der Waals surface area contributed by atoms with Gasteiger partial charge in [-0.05, 0) is 19.2 Å². The van der Waals surface area contributed by atoms with Crippen molar-refractivity contribution in [3.63, 3.8) is 0 Å². The van der Waals surface area contributed by atoms with E-state index in [0.29, 0.717) is 58.4 Å². The van der Waals surface area contributed by atoms with Crippen LogP contribution in [-0.2, 0) is 4.79 Å². The summed E-state index contributed by atoms with van der Waals surface area (Å²) in [5, 5.41) is 26.8. The molecule has 13 heteroatoms. The van der Waals surface area contributed by atoms with Crippen LogP contribution in [0.2, 0.25) is 6.32 Å². The minimum atomic E-state index is -1.35. The fraction of sp³-hybridized carbons (Fsp3) is 0.917. The highest BCUT2D eigenvalue weighted by Crippen LogP contribution is 2.18. The Morgan fingerprint density at radius 3 is 1.76 bits per heavy atom. The van der Waals surface area contributed by atoms with Gasteiger partial charge in [-0.2, -0.15) is 0 Å². The van der Waals surface area contributed by atoms with Crippen LogP contribution in [-0.4, -0.2) is 71.4 Å². The zero-order valence-corrected chi connectivity index (χ0v) is 17.5. The number of aliphatic carboxylic acids is 1. The van der Waals surface area contributed by atoms with Crippen LogP contribution in [0, 0.1) is 0 Å². The zero-order valence-electron chi connectivity index (χ0n) is 14.2. The van der Waals surface area contributed by atoms with Gasteiger partial charge < -0.3 is 37.3 Å². The second-order valence-corrected chi connectivity index (χ2v) is 5.36. The summed E-state index contributed by atoms with van der Waals surface area (Å²) in [4.78, 5) is 13.4. The SMILES string of the molecule is Cl.Cl.Cl.Cl.NCCN(CCN)CCC(N)(CCCCB(O)O)C(=O)O. The maximum Gasteiger partial charge on any atom is 0.451 e. The van der Waals surface area contributed by atoms with E-state index in [9.17, 15) is 9.90 Å². The fourth-order valence-corrected chi connectivity index (χ4v) is 2.16. The summed E-state index contributed by atoms with van der Waals surface area (Å²) in [6.07, 6.45) is 1.90. The normalized spacial score (nSPS) is 11.9. The molecular formula is C12H33BCl4N4O4. The predicted octanol–water partition coefficient (Wildman–Crippen LogP) is -0.292. The van der Waals surface area contributed by atoms with Crippen molar-refractivity contribution in [3.05, 3.63) is 0 Å². The monoisotopic (exact) mass is 448 g/mol. The lowest BCUT2D eigenvalue weighted by Crippen LogP contribution is -2.50. The molecule has 0 spiro atoms. The number of halogens is 4. The molecule has 0 amide bonds. The first-order valence-electron chi connectivity index (χ1n) is 7.36. The van der Waals surface area contributed by atoms with E-state index in [1.807, 2.05) is 4.90 Å². The molecule has 156 valence electrons. The Bertz CT molecular complexity index is 306. The number of hydrogen-bond donors (Lipinski definition) is 6. The van der Waals surface area contributed by atoms with Gasteiger partial charge in [-0.3, -0.25) is 4.79 Å². The molecule has 0 aromatic rings. The van der Waals surface area contributed by atoms with Gasteiger partial charge in [-0.1, -0.05) is 12.8 Å². The molecule has 9 N–H and O–H groups in total. The molecule has 0 heterocycles. The van der Waals surface area contributed by atoms with Gasteiger partial charge in [0, 0.05) is 32.7 Å². The third-order valence-corrected chi connectivity index (χ3v) is 3.53. The van der Waals surface area contributed by atoms with Gasteiger partial charge in [0.05, 0.1) is 0 Å². The van der Waals surface area contributed by atoms with Crippen molar-refractivity contribution in [1.29, 1.82) is 0 Å². The number of hydrogen-bond acceptors (Lipinski definition) is 7. The number of carboxylic acid groups (broad SMARTS) is 1. The topological polar surface area (TPSA) is 159 Å². The first-order chi connectivity index (χ1) is 9.85. The predicted molar refractivity (Wildman–Crippen MR) is 112 cm³/mol. The van der Waals surface area contributed by atoms with Gasteiger partial charge >= 0.3 is 13.1 Å². The smallest absolute Gasteiger partial charge is 0.451 e. The molecule has 0 fully saturated rings. The summed E-state index contributed by atoms with van der Waals surface area (Å²) < 4.78 is 0. The Morgan fingerprint density at radius 1 is 0.920 bits per heavy atom. The molecule has 0 aliphatic heterocycles. The Labute approximate surface area is 175 Å². The molecule has 0 radical (unpaired) electrons. The highest BCUT2D eigenvalue weighted by molar-refractivity contribution is 6.40. The van der Waals surface area contributed by atoms with E-state index in [2.05, 4.69) is 0 Å². The Balaban J connectivity index is -0.000000333. The van der Waals surface area contributed by atoms with Crippen LogP contribution < -0.4 is 17.2 Å². The lowest BCUT2D eigenvalue weighted by atomic mass is 9.81. The molecule has 8 nitrogen and oxygen atoms in total. The molecule has 1 atom stereocenters. The van der Waals surface area contributed by atoms with Crippen molar-refractivity contribution in [2.24, 2.45) is 17.2 Å². The van der Waals surface area contributed by atoms with Gasteiger partial charge in [-0.25, -0.2) is 0 Å². The van der Waals surface area contributed by atoms with E-state index in [-0.39, 0.29) is 55.9 Å². The van der Waals surface area contributed by atoms with E-state index in [4.69, 9.17) is 27.2 Å². The molecule has 0 aromatic carbocycles. The molecule has 0 aliphatic rings. The Morgan fingerprint density at radius 2 is 1.40 bits per heavy atom. The van der Waals surface area contributed by atoms with Crippen LogP contribution in [0.3, 0.4) is 0 Å². The van der Waals surface area contributed by atoms with E-state index < -0.39 is 18.6 Å². The lowest BCUT2D eigenvalue weighted by molar-refractivity contribution is -0.144. The Kier molecular flexibility index (Phi) is 30.2. The largest absolute Gasteiger partial charge is 0.480 e. The molecule has 0 saturated heterocycles. The van der Waals surface area contributed by atoms with Crippen LogP contribution in [0.15, 0.2) is 0 Å². The number of carboxylic acids is 1. The second kappa shape index (κ2) is 20.8. The summed E-state index contributed by atoms with van der Waals surface area (Å²) in [6, 6.07) is 0. The number of nitrogens with two attached hydrogens (primary N) is 3. The standard InChI is InChI=1S/C12H29BN4O4.4ClH/c14-6-9-17(10-7-15)8-4-12(16,11(18)19)3-1-2-5-13(20)21;;;;/h20-21H,1-10,14-16H2,(H,18,19);4*1H. The number of nitrogens with zero attached hydrogens (tertiary/aromatic N) is 1. The summed E-state index contributed by atoms with van der Waals surface area (Å²) in [7, 11) is -1.35. The van der Waals surface area contributed by atoms with Gasteiger partial charge in [0.25, 0.3) is 0 Å². The fourth-order valence-electron chi connectivity index (χ4n) is 2.16. The quantitative estimate of drug-likeness (QED) is 0.165. The second-order valence-electron chi connectivity index (χ2n) is 5.36. The molecule has 0 aliphatic carbocycles. The third kappa shape index (κ3) is 17.6. The van der Waals surface area contributed by atoms with E-state index in [1.54, 1.807) is 0 Å². The van der Waals surface area contributed by atoms with Gasteiger partial charge in [0.1, 0.15) is 5.54 Å². The van der Waals surface area contributed by atoms with Crippen LogP contribution in [0.4, 0.5) is 0 Å². The van der Waals surface area contributed by atoms with Crippen molar-refractivity contribution in [3.8, 4) is 0 Å². The summed E-state index contributed by atoms with van der Waals surface area (Å²) in [5.74, 6) is -1.03. The summed E-state index contributed by atoms with van der Waals surface area (Å²) in [6.45, 7) is 2.81. The van der Waals surface area contributed by atoms with Crippen molar-refractivity contribution in [2.75, 3.05) is 32.7 Å². The van der Waals surface area contributed by atoms with Crippen molar-refractivity contribution in [1.82, 2.24) is 4.90 Å². The van der Waals surface area contributed by atoms with Gasteiger partial charge in [0.15, 0.2) is 0 Å². The average Bonchev–Trinajstić information content (AvgIpc) is 2.41. The number of carbonyl (C=O) groups is 1. The Hall–Kier alpha value is 0.455. The molecule has 1 unspecified atom stereocenters. The molecule has 0 bridgehead atoms. The average molecular weight is 450 g/mol. The molecule has 0 aromatic heterocycles. The first-order valence-corrected chi connectivity index (χ1v) is 7.36. The molecule has 0 saturated carbocycles. The minimum absolute atomic E-state index is 0. The third-order valence-electron chi connectivity index (χ3n) is 3.53. The van der Waals surface area contributed by atoms with Crippen molar-refractivity contribution >= 4 is 62.7 Å². The van der Waals surface area contributed by atoms with Crippen molar-refractivity contribution in [2.45, 2.75) is 37.5 Å². The van der Waals surface area contributed by atoms with Crippen LogP contribution >= 0.6 is 49.6 Å². The molecule has 25 heavy (non-hydrogen) atoms. The first kappa shape index (κ1) is 36.4. The maximum atomic E-state index is 11.4. The van der Waals surface area contributed by atoms with Crippen LogP contribution in [0.25, 0.3) is 0 Å². The van der Waals surface area contributed by atoms with Crippen molar-refractivity contribution < 1.29 is 19.9 Å². The molecule has 0 rings (SSSR count). The van der Waals surface area contributed by atoms with E-state index in [0.717, 1.165) is 0 Å². The highest BCUT2D eigenvalue weighted by atomic mass is 35.5. The lowest BCUT2D eigenvalue weighted by Gasteiger charge is -2.29. The van der Waals surface area contributed by atoms with E-state index in [1.165, 1.54) is 0 Å². The highest BCUT2D eigenvalue weighted by Gasteiger charge is 2.33. The summed E-state index contributed by atoms with van der Waals surface area (Å²) in [5.41, 5.74) is 15.7. The number of unbranched alkanes of at least 4 members (excludes halogenated alkanes) is 1.